The maximum absolute atomic E-state index is 14.3. The minimum atomic E-state index is -0.544. The number of benzene rings is 2. The van der Waals surface area contributed by atoms with Crippen LogP contribution in [0.4, 0.5) is 10.2 Å². The first kappa shape index (κ1) is 21.8. The first-order chi connectivity index (χ1) is 15.6. The van der Waals surface area contributed by atoms with Crippen molar-refractivity contribution in [1.82, 2.24) is 9.78 Å². The Morgan fingerprint density at radius 2 is 1.97 bits per heavy atom. The molecule has 0 saturated heterocycles. The van der Waals surface area contributed by atoms with Gasteiger partial charge in [0.25, 0.3) is 0 Å². The molecule has 0 radical (unpaired) electrons. The highest BCUT2D eigenvalue weighted by Crippen LogP contribution is 2.31. The predicted molar refractivity (Wildman–Crippen MR) is 123 cm³/mol. The van der Waals surface area contributed by atoms with Gasteiger partial charge in [-0.1, -0.05) is 12.5 Å². The van der Waals surface area contributed by atoms with E-state index in [1.807, 2.05) is 36.4 Å². The predicted octanol–water partition coefficient (Wildman–Crippen LogP) is 4.74. The molecule has 4 rings (SSSR count). The van der Waals surface area contributed by atoms with Gasteiger partial charge in [0.15, 0.2) is 0 Å². The number of hydrogen-bond acceptors (Lipinski definition) is 5. The van der Waals surface area contributed by atoms with Crippen LogP contribution in [0.3, 0.4) is 0 Å². The SMILES string of the molecule is COc1ccc(-n2nc(NC[C@H]3CCC[C@@H](CN)C3)cc2-c2ccc(C#N)c(F)c2)cc1. The number of methoxy groups -OCH3 is 1. The van der Waals surface area contributed by atoms with Crippen LogP contribution in [-0.4, -0.2) is 30.0 Å². The number of ether oxygens (including phenoxy) is 1. The molecule has 1 aliphatic rings. The number of aromatic nitrogens is 2. The smallest absolute Gasteiger partial charge is 0.149 e. The van der Waals surface area contributed by atoms with Gasteiger partial charge in [0.2, 0.25) is 0 Å². The summed E-state index contributed by atoms with van der Waals surface area (Å²) in [6.45, 7) is 1.58. The molecule has 1 fully saturated rings. The van der Waals surface area contributed by atoms with Crippen molar-refractivity contribution in [3.63, 3.8) is 0 Å². The molecule has 3 N–H and O–H groups in total. The summed E-state index contributed by atoms with van der Waals surface area (Å²) in [7, 11) is 1.62. The van der Waals surface area contributed by atoms with Crippen LogP contribution in [0.2, 0.25) is 0 Å². The van der Waals surface area contributed by atoms with Crippen molar-refractivity contribution in [2.45, 2.75) is 25.7 Å². The number of nitriles is 1. The molecule has 0 spiro atoms. The zero-order chi connectivity index (χ0) is 22.5. The quantitative estimate of drug-likeness (QED) is 0.562. The van der Waals surface area contributed by atoms with Gasteiger partial charge in [-0.3, -0.25) is 0 Å². The number of nitrogens with two attached hydrogens (primary N) is 1. The molecule has 166 valence electrons. The van der Waals surface area contributed by atoms with Crippen LogP contribution in [0, 0.1) is 29.0 Å². The van der Waals surface area contributed by atoms with Crippen molar-refractivity contribution in [1.29, 1.82) is 5.26 Å². The number of hydrogen-bond donors (Lipinski definition) is 2. The monoisotopic (exact) mass is 433 g/mol. The van der Waals surface area contributed by atoms with Crippen LogP contribution >= 0.6 is 0 Å². The molecule has 32 heavy (non-hydrogen) atoms. The summed E-state index contributed by atoms with van der Waals surface area (Å²) in [6.07, 6.45) is 4.75. The number of nitrogens with one attached hydrogen (secondary N) is 1. The topological polar surface area (TPSA) is 88.9 Å². The summed E-state index contributed by atoms with van der Waals surface area (Å²) >= 11 is 0. The Hall–Kier alpha value is -3.37. The maximum Gasteiger partial charge on any atom is 0.149 e. The Labute approximate surface area is 187 Å². The lowest BCUT2D eigenvalue weighted by molar-refractivity contribution is 0.281. The third-order valence-electron chi connectivity index (χ3n) is 6.21. The molecule has 0 amide bonds. The van der Waals surface area contributed by atoms with Gasteiger partial charge in [-0.25, -0.2) is 9.07 Å². The van der Waals surface area contributed by atoms with E-state index in [4.69, 9.17) is 20.8 Å². The Balaban J connectivity index is 1.63. The second-order valence-electron chi connectivity index (χ2n) is 8.35. The van der Waals surface area contributed by atoms with Gasteiger partial charge in [-0.2, -0.15) is 5.26 Å². The third kappa shape index (κ3) is 4.76. The summed E-state index contributed by atoms with van der Waals surface area (Å²) in [6, 6.07) is 16.0. The van der Waals surface area contributed by atoms with Crippen LogP contribution in [-0.2, 0) is 0 Å². The van der Waals surface area contributed by atoms with Crippen molar-refractivity contribution in [2.75, 3.05) is 25.5 Å². The lowest BCUT2D eigenvalue weighted by Gasteiger charge is -2.28. The van der Waals surface area contributed by atoms with Gasteiger partial charge in [0, 0.05) is 18.2 Å². The fourth-order valence-electron chi connectivity index (χ4n) is 4.41. The molecule has 1 heterocycles. The summed E-state index contributed by atoms with van der Waals surface area (Å²) in [5.74, 6) is 2.10. The minimum Gasteiger partial charge on any atom is -0.497 e. The molecule has 0 aliphatic heterocycles. The average Bonchev–Trinajstić information content (AvgIpc) is 3.27. The summed E-state index contributed by atoms with van der Waals surface area (Å²) in [4.78, 5) is 0. The maximum atomic E-state index is 14.3. The van der Waals surface area contributed by atoms with Crippen molar-refractivity contribution in [3.8, 4) is 28.8 Å². The fraction of sp³-hybridized carbons (Fsp3) is 0.360. The molecular weight excluding hydrogens is 405 g/mol. The number of nitrogens with zero attached hydrogens (tertiary/aromatic N) is 3. The van der Waals surface area contributed by atoms with E-state index in [0.29, 0.717) is 17.4 Å². The van der Waals surface area contributed by atoms with Gasteiger partial charge in [0.1, 0.15) is 23.5 Å². The molecule has 1 aliphatic carbocycles. The summed E-state index contributed by atoms with van der Waals surface area (Å²) in [5.41, 5.74) is 8.13. The van der Waals surface area contributed by atoms with Gasteiger partial charge < -0.3 is 15.8 Å². The van der Waals surface area contributed by atoms with E-state index in [0.717, 1.165) is 42.5 Å². The van der Waals surface area contributed by atoms with Crippen LogP contribution < -0.4 is 15.8 Å². The highest BCUT2D eigenvalue weighted by molar-refractivity contribution is 5.67. The standard InChI is InChI=1S/C25H28FN5O/c1-32-22-9-7-21(8-10-22)31-24(19-5-6-20(15-28)23(26)12-19)13-25(30-31)29-16-18-4-2-3-17(11-18)14-27/h5-10,12-13,17-18H,2-4,11,14,16,27H2,1H3,(H,29,30)/t17-,18+/m1/s1. The lowest BCUT2D eigenvalue weighted by Crippen LogP contribution is -2.26. The first-order valence-corrected chi connectivity index (χ1v) is 11.0. The van der Waals surface area contributed by atoms with Crippen LogP contribution in [0.15, 0.2) is 48.5 Å². The van der Waals surface area contributed by atoms with E-state index < -0.39 is 5.82 Å². The van der Waals surface area contributed by atoms with E-state index in [-0.39, 0.29) is 5.56 Å². The van der Waals surface area contributed by atoms with Gasteiger partial charge in [-0.15, -0.1) is 5.10 Å². The van der Waals surface area contributed by atoms with Crippen molar-refractivity contribution in [3.05, 3.63) is 59.9 Å². The van der Waals surface area contributed by atoms with Crippen molar-refractivity contribution >= 4 is 5.82 Å². The number of anilines is 1. The van der Waals surface area contributed by atoms with Crippen LogP contribution in [0.25, 0.3) is 16.9 Å². The molecule has 2 atom stereocenters. The molecule has 1 saturated carbocycles. The second-order valence-corrected chi connectivity index (χ2v) is 8.35. The van der Waals surface area contributed by atoms with E-state index >= 15 is 0 Å². The van der Waals surface area contributed by atoms with Gasteiger partial charge >= 0.3 is 0 Å². The van der Waals surface area contributed by atoms with Crippen LogP contribution in [0.5, 0.6) is 5.75 Å². The van der Waals surface area contributed by atoms with E-state index in [1.54, 1.807) is 17.9 Å². The normalized spacial score (nSPS) is 18.2. The number of rotatable bonds is 7. The number of halogens is 1. The Bertz CT molecular complexity index is 1100. The van der Waals surface area contributed by atoms with E-state index in [9.17, 15) is 4.39 Å². The molecule has 1 aromatic heterocycles. The Morgan fingerprint density at radius 1 is 1.19 bits per heavy atom. The minimum absolute atomic E-state index is 0.0226. The lowest BCUT2D eigenvalue weighted by atomic mass is 9.81. The van der Waals surface area contributed by atoms with Crippen molar-refractivity contribution < 1.29 is 9.13 Å². The highest BCUT2D eigenvalue weighted by atomic mass is 19.1. The largest absolute Gasteiger partial charge is 0.497 e. The highest BCUT2D eigenvalue weighted by Gasteiger charge is 2.21. The molecule has 2 aromatic carbocycles. The molecular formula is C25H28FN5O. The molecule has 3 aromatic rings. The zero-order valence-electron chi connectivity index (χ0n) is 18.2. The van der Waals surface area contributed by atoms with Crippen LogP contribution in [0.1, 0.15) is 31.2 Å². The Kier molecular flexibility index (Phi) is 6.72. The summed E-state index contributed by atoms with van der Waals surface area (Å²) < 4.78 is 21.4. The first-order valence-electron chi connectivity index (χ1n) is 11.0. The van der Waals surface area contributed by atoms with Gasteiger partial charge in [0.05, 0.1) is 24.1 Å². The van der Waals surface area contributed by atoms with Crippen molar-refractivity contribution in [2.24, 2.45) is 17.6 Å². The van der Waals surface area contributed by atoms with Gasteiger partial charge in [-0.05, 0) is 74.0 Å². The molecule has 0 unspecified atom stereocenters. The summed E-state index contributed by atoms with van der Waals surface area (Å²) in [5, 5.41) is 17.3. The zero-order valence-corrected chi connectivity index (χ0v) is 18.2. The Morgan fingerprint density at radius 3 is 2.66 bits per heavy atom. The average molecular weight is 434 g/mol. The molecule has 6 nitrogen and oxygen atoms in total. The molecule has 7 heteroatoms. The third-order valence-corrected chi connectivity index (χ3v) is 6.21. The van der Waals surface area contributed by atoms with E-state index in [1.165, 1.54) is 31.4 Å². The molecule has 0 bridgehead atoms. The second kappa shape index (κ2) is 9.84. The van der Waals surface area contributed by atoms with E-state index in [2.05, 4.69) is 5.32 Å². The fourth-order valence-corrected chi connectivity index (χ4v) is 4.41.